The molecule has 0 bridgehead atoms. The first-order chi connectivity index (χ1) is 22.1. The van der Waals surface area contributed by atoms with Crippen molar-refractivity contribution in [1.82, 2.24) is 29.8 Å². The molecular weight excluding hydrogens is 599 g/mol. The average molecular weight is 642 g/mol. The molecule has 46 heavy (non-hydrogen) atoms. The predicted octanol–water partition coefficient (Wildman–Crippen LogP) is 5.35. The number of nitrogen functional groups attached to an aromatic ring is 1. The number of rotatable bonds is 4. The molecule has 4 aromatic rings. The number of fused-ring (bicyclic) bond motifs is 5. The van der Waals surface area contributed by atoms with Gasteiger partial charge in [-0.2, -0.15) is 10.4 Å². The molecule has 4 aromatic heterocycles. The molecule has 0 aromatic carbocycles. The van der Waals surface area contributed by atoms with E-state index in [4.69, 9.17) is 30.5 Å². The van der Waals surface area contributed by atoms with E-state index in [-0.39, 0.29) is 12.1 Å². The minimum absolute atomic E-state index is 0.117. The molecule has 1 spiro atoms. The lowest BCUT2D eigenvalue weighted by Crippen LogP contribution is -2.50. The summed E-state index contributed by atoms with van der Waals surface area (Å²) in [5.74, 6) is 2.15. The van der Waals surface area contributed by atoms with Gasteiger partial charge in [-0.25, -0.2) is 14.6 Å². The number of nitrogens with zero attached hydrogens (tertiary/aromatic N) is 8. The normalized spacial score (nSPS) is 28.8. The number of aryl methyl sites for hydroxylation is 1. The predicted molar refractivity (Wildman–Crippen MR) is 178 cm³/mol. The zero-order chi connectivity index (χ0) is 32.0. The van der Waals surface area contributed by atoms with E-state index < -0.39 is 11.0 Å². The van der Waals surface area contributed by atoms with Crippen LogP contribution >= 0.6 is 11.3 Å². The molecule has 12 heteroatoms. The van der Waals surface area contributed by atoms with Gasteiger partial charge >= 0.3 is 0 Å². The number of likely N-dealkylation sites (tertiary alicyclic amines) is 1. The van der Waals surface area contributed by atoms with Crippen LogP contribution < -0.4 is 10.6 Å². The van der Waals surface area contributed by atoms with Crippen LogP contribution in [0.3, 0.4) is 0 Å². The third kappa shape index (κ3) is 4.42. The molecule has 5 atom stereocenters. The van der Waals surface area contributed by atoms with Crippen molar-refractivity contribution in [2.75, 3.05) is 30.8 Å². The second-order valence-corrected chi connectivity index (χ2v) is 15.7. The smallest absolute Gasteiger partial charge is 0.186 e. The number of piperidine rings is 1. The number of β-amino-alcohol motifs (C(OH)–C–C–N with tert-alkyl or cyclic N) is 1. The van der Waals surface area contributed by atoms with Crippen molar-refractivity contribution in [3.63, 3.8) is 0 Å². The van der Waals surface area contributed by atoms with Gasteiger partial charge in [-0.1, -0.05) is 5.16 Å². The maximum absolute atomic E-state index is 11.2. The summed E-state index contributed by atoms with van der Waals surface area (Å²) >= 11 is 1.55. The first kappa shape index (κ1) is 29.8. The van der Waals surface area contributed by atoms with E-state index in [9.17, 15) is 10.4 Å². The van der Waals surface area contributed by atoms with Crippen LogP contribution in [0.4, 0.5) is 10.8 Å². The van der Waals surface area contributed by atoms with Crippen LogP contribution in [-0.2, 0) is 18.3 Å². The van der Waals surface area contributed by atoms with E-state index in [0.29, 0.717) is 34.7 Å². The van der Waals surface area contributed by atoms with Gasteiger partial charge in [0.2, 0.25) is 0 Å². The van der Waals surface area contributed by atoms with E-state index in [0.717, 1.165) is 98.1 Å². The molecule has 0 radical (unpaired) electrons. The van der Waals surface area contributed by atoms with Crippen molar-refractivity contribution in [2.45, 2.75) is 114 Å². The third-order valence-electron chi connectivity index (χ3n) is 11.4. The summed E-state index contributed by atoms with van der Waals surface area (Å²) in [5, 5.41) is 32.5. The van der Waals surface area contributed by atoms with Crippen molar-refractivity contribution in [3.8, 4) is 17.6 Å². The van der Waals surface area contributed by atoms with Crippen molar-refractivity contribution in [3.05, 3.63) is 33.5 Å². The summed E-state index contributed by atoms with van der Waals surface area (Å²) in [6, 6.07) is 3.09. The van der Waals surface area contributed by atoms with Gasteiger partial charge in [-0.15, -0.1) is 11.3 Å². The summed E-state index contributed by atoms with van der Waals surface area (Å²) in [6.45, 7) is 7.90. The van der Waals surface area contributed by atoms with Gasteiger partial charge in [0, 0.05) is 29.1 Å². The Balaban J connectivity index is 1.31. The lowest BCUT2D eigenvalue weighted by molar-refractivity contribution is 0.0377. The Bertz CT molecular complexity index is 1860. The number of hydrogen-bond acceptors (Lipinski definition) is 11. The Morgan fingerprint density at radius 3 is 2.74 bits per heavy atom. The standard InChI is InChI=1S/C34H43N9O2S/c1-19-11-14-33(3,44)18-42(19)31-23-17-37-43(20(2)24-9-7-15-41(24)4)32(23)39-30(38-31)27-21-8-5-12-34(28(21)45-40-27)13-6-10-25-26(34)22(16-35)29(36)46-25/h17,19-20,24,44H,5-15,18,36H2,1-4H3/t19-,20-,24-,33-,34-/m0/s1. The van der Waals surface area contributed by atoms with E-state index in [1.54, 1.807) is 11.3 Å². The molecule has 8 rings (SSSR count). The number of anilines is 2. The highest BCUT2D eigenvalue weighted by atomic mass is 32.1. The zero-order valence-corrected chi connectivity index (χ0v) is 28.0. The first-order valence-electron chi connectivity index (χ1n) is 16.9. The second kappa shape index (κ2) is 10.8. The number of aliphatic hydroxyl groups is 1. The quantitative estimate of drug-likeness (QED) is 0.299. The van der Waals surface area contributed by atoms with Crippen LogP contribution in [0.1, 0.15) is 106 Å². The van der Waals surface area contributed by atoms with Crippen LogP contribution in [-0.4, -0.2) is 72.7 Å². The zero-order valence-electron chi connectivity index (χ0n) is 27.2. The summed E-state index contributed by atoms with van der Waals surface area (Å²) in [5.41, 5.74) is 9.29. The Labute approximate surface area is 273 Å². The monoisotopic (exact) mass is 641 g/mol. The molecular formula is C34H43N9O2S. The summed E-state index contributed by atoms with van der Waals surface area (Å²) in [6.07, 6.45) is 11.3. The van der Waals surface area contributed by atoms with Crippen molar-refractivity contribution in [2.24, 2.45) is 0 Å². The van der Waals surface area contributed by atoms with E-state index in [2.05, 4.69) is 41.4 Å². The third-order valence-corrected chi connectivity index (χ3v) is 12.5. The highest BCUT2D eigenvalue weighted by Gasteiger charge is 2.49. The topological polar surface area (TPSA) is 146 Å². The maximum atomic E-state index is 11.2. The molecule has 2 aliphatic heterocycles. The molecule has 0 saturated carbocycles. The van der Waals surface area contributed by atoms with Crippen LogP contribution in [0.2, 0.25) is 0 Å². The fourth-order valence-corrected chi connectivity index (χ4v) is 10.2. The Kier molecular flexibility index (Phi) is 6.98. The number of nitriles is 1. The van der Waals surface area contributed by atoms with Gasteiger partial charge in [0.05, 0.1) is 34.2 Å². The van der Waals surface area contributed by atoms with Gasteiger partial charge < -0.3 is 25.2 Å². The Hall–Kier alpha value is -3.53. The minimum atomic E-state index is -0.821. The second-order valence-electron chi connectivity index (χ2n) is 14.5. The molecule has 242 valence electrons. The summed E-state index contributed by atoms with van der Waals surface area (Å²) < 4.78 is 8.42. The minimum Gasteiger partial charge on any atom is -0.389 e. The molecule has 3 N–H and O–H groups in total. The number of aromatic nitrogens is 5. The fourth-order valence-electron chi connectivity index (χ4n) is 9.02. The van der Waals surface area contributed by atoms with E-state index in [1.807, 2.05) is 13.1 Å². The summed E-state index contributed by atoms with van der Waals surface area (Å²) in [4.78, 5) is 16.3. The van der Waals surface area contributed by atoms with Crippen LogP contribution in [0.15, 0.2) is 10.7 Å². The van der Waals surface area contributed by atoms with Crippen LogP contribution in [0.25, 0.3) is 22.6 Å². The molecule has 11 nitrogen and oxygen atoms in total. The van der Waals surface area contributed by atoms with Gasteiger partial charge in [-0.05, 0) is 104 Å². The van der Waals surface area contributed by atoms with Crippen LogP contribution in [0.5, 0.6) is 0 Å². The highest BCUT2D eigenvalue weighted by Crippen LogP contribution is 2.55. The van der Waals surface area contributed by atoms with Crippen molar-refractivity contribution >= 4 is 33.2 Å². The maximum Gasteiger partial charge on any atom is 0.186 e. The molecule has 0 unspecified atom stereocenters. The largest absolute Gasteiger partial charge is 0.389 e. The lowest BCUT2D eigenvalue weighted by atomic mass is 9.63. The first-order valence-corrected chi connectivity index (χ1v) is 17.7. The fraction of sp³-hybridized carbons (Fsp3) is 0.618. The molecule has 6 heterocycles. The average Bonchev–Trinajstić information content (AvgIpc) is 3.83. The van der Waals surface area contributed by atoms with E-state index in [1.165, 1.54) is 11.3 Å². The highest BCUT2D eigenvalue weighted by molar-refractivity contribution is 7.16. The van der Waals surface area contributed by atoms with Gasteiger partial charge in [0.15, 0.2) is 22.9 Å². The lowest BCUT2D eigenvalue weighted by Gasteiger charge is -2.42. The van der Waals surface area contributed by atoms with E-state index >= 15 is 0 Å². The van der Waals surface area contributed by atoms with Gasteiger partial charge in [-0.3, -0.25) is 0 Å². The number of nitrogens with two attached hydrogens (primary N) is 1. The molecule has 4 aliphatic rings. The number of hydrogen-bond donors (Lipinski definition) is 2. The number of likely N-dealkylation sites (N-methyl/N-ethyl adjacent to an activating group) is 1. The van der Waals surface area contributed by atoms with Crippen molar-refractivity contribution in [1.29, 1.82) is 5.26 Å². The molecule has 2 fully saturated rings. The van der Waals surface area contributed by atoms with Crippen LogP contribution in [0, 0.1) is 11.3 Å². The molecule has 2 saturated heterocycles. The van der Waals surface area contributed by atoms with Gasteiger partial charge in [0.25, 0.3) is 0 Å². The number of thiophene rings is 1. The van der Waals surface area contributed by atoms with Gasteiger partial charge in [0.1, 0.15) is 16.9 Å². The molecule has 0 amide bonds. The Morgan fingerprint density at radius 2 is 1.98 bits per heavy atom. The SMILES string of the molecule is C[C@H]1CC[C@](C)(O)CN1c1nc(-c2noc3c2CCC[C@@]32CCCc3sc(N)c(C#N)c32)nc2c1cnn2[C@@H](C)[C@@H]1CCCN1C. The summed E-state index contributed by atoms with van der Waals surface area (Å²) in [7, 11) is 2.19. The van der Waals surface area contributed by atoms with Crippen molar-refractivity contribution < 1.29 is 9.63 Å². The molecule has 2 aliphatic carbocycles. The Morgan fingerprint density at radius 1 is 1.17 bits per heavy atom.